The monoisotopic (exact) mass is 286 g/mol. The van der Waals surface area contributed by atoms with Crippen LogP contribution >= 0.6 is 0 Å². The van der Waals surface area contributed by atoms with Crippen LogP contribution < -0.4 is 14.8 Å². The van der Waals surface area contributed by atoms with Crippen LogP contribution in [0.25, 0.3) is 0 Å². The van der Waals surface area contributed by atoms with Crippen LogP contribution in [-0.2, 0) is 16.6 Å². The van der Waals surface area contributed by atoms with E-state index in [0.29, 0.717) is 18.8 Å². The van der Waals surface area contributed by atoms with Crippen LogP contribution in [0.1, 0.15) is 25.8 Å². The lowest BCUT2D eigenvalue weighted by molar-refractivity contribution is 0.407. The number of rotatable bonds is 8. The summed E-state index contributed by atoms with van der Waals surface area (Å²) in [5.41, 5.74) is 0.843. The molecule has 0 fully saturated rings. The molecular weight excluding hydrogens is 264 g/mol. The zero-order valence-electron chi connectivity index (χ0n) is 11.7. The van der Waals surface area contributed by atoms with E-state index in [0.717, 1.165) is 18.5 Å². The predicted molar refractivity (Wildman–Crippen MR) is 75.9 cm³/mol. The minimum absolute atomic E-state index is 0.267. The van der Waals surface area contributed by atoms with Gasteiger partial charge in [-0.3, -0.25) is 0 Å². The molecule has 6 heteroatoms. The van der Waals surface area contributed by atoms with Crippen LogP contribution in [0.5, 0.6) is 5.75 Å². The molecule has 0 aromatic heterocycles. The Morgan fingerprint density at radius 1 is 1.26 bits per heavy atom. The second-order valence-corrected chi connectivity index (χ2v) is 5.92. The van der Waals surface area contributed by atoms with Gasteiger partial charge < -0.3 is 10.1 Å². The summed E-state index contributed by atoms with van der Waals surface area (Å²) in [6.45, 7) is 5.68. The Labute approximate surface area is 115 Å². The molecule has 0 aliphatic carbocycles. The van der Waals surface area contributed by atoms with E-state index in [1.165, 1.54) is 0 Å². The smallest absolute Gasteiger partial charge is 0.240 e. The molecule has 0 bridgehead atoms. The van der Waals surface area contributed by atoms with Crippen molar-refractivity contribution in [2.24, 2.45) is 0 Å². The van der Waals surface area contributed by atoms with Crippen LogP contribution in [0.4, 0.5) is 0 Å². The Morgan fingerprint density at radius 3 is 2.58 bits per heavy atom. The number of benzene rings is 1. The maximum absolute atomic E-state index is 11.9. The van der Waals surface area contributed by atoms with Crippen molar-refractivity contribution in [1.82, 2.24) is 10.0 Å². The van der Waals surface area contributed by atoms with Crippen molar-refractivity contribution >= 4 is 10.0 Å². The molecule has 0 aliphatic rings. The van der Waals surface area contributed by atoms with Gasteiger partial charge in [0.25, 0.3) is 0 Å². The highest BCUT2D eigenvalue weighted by molar-refractivity contribution is 7.89. The van der Waals surface area contributed by atoms with Crippen molar-refractivity contribution < 1.29 is 13.2 Å². The number of methoxy groups -OCH3 is 1. The van der Waals surface area contributed by atoms with E-state index in [1.54, 1.807) is 32.2 Å². The molecule has 0 radical (unpaired) electrons. The lowest BCUT2D eigenvalue weighted by Gasteiger charge is -2.12. The fourth-order valence-electron chi connectivity index (χ4n) is 1.73. The molecule has 0 saturated carbocycles. The first-order valence-corrected chi connectivity index (χ1v) is 7.90. The predicted octanol–water partition coefficient (Wildman–Crippen LogP) is 1.49. The maximum Gasteiger partial charge on any atom is 0.240 e. The van der Waals surface area contributed by atoms with Gasteiger partial charge in [-0.05, 0) is 31.2 Å². The van der Waals surface area contributed by atoms with Gasteiger partial charge in [-0.1, -0.05) is 13.8 Å². The van der Waals surface area contributed by atoms with Gasteiger partial charge in [0.05, 0.1) is 12.0 Å². The maximum atomic E-state index is 11.9. The third-order valence-electron chi connectivity index (χ3n) is 2.64. The van der Waals surface area contributed by atoms with Crippen LogP contribution in [0, 0.1) is 0 Å². The molecule has 0 saturated heterocycles. The zero-order valence-corrected chi connectivity index (χ0v) is 12.5. The summed E-state index contributed by atoms with van der Waals surface area (Å²) < 4.78 is 31.6. The molecule has 1 aromatic carbocycles. The molecule has 19 heavy (non-hydrogen) atoms. The van der Waals surface area contributed by atoms with Crippen molar-refractivity contribution in [1.29, 1.82) is 0 Å². The van der Waals surface area contributed by atoms with Gasteiger partial charge in [0, 0.05) is 18.7 Å². The molecule has 0 heterocycles. The SMILES string of the molecule is CCCNCc1cc(S(=O)(=O)NCC)ccc1OC. The number of hydrogen-bond acceptors (Lipinski definition) is 4. The highest BCUT2D eigenvalue weighted by Crippen LogP contribution is 2.22. The second-order valence-electron chi connectivity index (χ2n) is 4.15. The average molecular weight is 286 g/mol. The van der Waals surface area contributed by atoms with Crippen LogP contribution in [0.3, 0.4) is 0 Å². The Hall–Kier alpha value is -1.11. The summed E-state index contributed by atoms with van der Waals surface area (Å²) in [4.78, 5) is 0.267. The third-order valence-corrected chi connectivity index (χ3v) is 4.18. The summed E-state index contributed by atoms with van der Waals surface area (Å²) in [6, 6.07) is 4.90. The number of sulfonamides is 1. The van der Waals surface area contributed by atoms with E-state index in [4.69, 9.17) is 4.74 Å². The first-order chi connectivity index (χ1) is 9.05. The normalized spacial score (nSPS) is 11.5. The molecule has 1 rings (SSSR count). The Balaban J connectivity index is 3.00. The van der Waals surface area contributed by atoms with E-state index >= 15 is 0 Å². The first-order valence-electron chi connectivity index (χ1n) is 6.42. The molecule has 0 unspecified atom stereocenters. The second kappa shape index (κ2) is 7.47. The van der Waals surface area contributed by atoms with E-state index in [1.807, 2.05) is 0 Å². The molecule has 0 amide bonds. The van der Waals surface area contributed by atoms with Gasteiger partial charge in [-0.25, -0.2) is 13.1 Å². The molecule has 0 spiro atoms. The van der Waals surface area contributed by atoms with Crippen molar-refractivity contribution in [2.45, 2.75) is 31.7 Å². The van der Waals surface area contributed by atoms with Gasteiger partial charge in [-0.15, -0.1) is 0 Å². The number of hydrogen-bond donors (Lipinski definition) is 2. The van der Waals surface area contributed by atoms with E-state index < -0.39 is 10.0 Å². The number of ether oxygens (including phenoxy) is 1. The van der Waals surface area contributed by atoms with E-state index in [-0.39, 0.29) is 4.90 Å². The summed E-state index contributed by atoms with van der Waals surface area (Å²) in [5, 5.41) is 3.24. The van der Waals surface area contributed by atoms with E-state index in [9.17, 15) is 8.42 Å². The molecular formula is C13H22N2O3S. The largest absolute Gasteiger partial charge is 0.496 e. The van der Waals surface area contributed by atoms with Gasteiger partial charge in [0.15, 0.2) is 0 Å². The Morgan fingerprint density at radius 2 is 2.00 bits per heavy atom. The minimum atomic E-state index is -3.42. The van der Waals surface area contributed by atoms with Gasteiger partial charge in [-0.2, -0.15) is 0 Å². The van der Waals surface area contributed by atoms with Crippen molar-refractivity contribution in [3.05, 3.63) is 23.8 Å². The highest BCUT2D eigenvalue weighted by Gasteiger charge is 2.15. The lowest BCUT2D eigenvalue weighted by Crippen LogP contribution is -2.23. The quantitative estimate of drug-likeness (QED) is 0.711. The topological polar surface area (TPSA) is 67.4 Å². The molecule has 0 aliphatic heterocycles. The van der Waals surface area contributed by atoms with Crippen molar-refractivity contribution in [3.63, 3.8) is 0 Å². The summed E-state index contributed by atoms with van der Waals surface area (Å²) >= 11 is 0. The summed E-state index contributed by atoms with van der Waals surface area (Å²) in [6.07, 6.45) is 1.03. The third kappa shape index (κ3) is 4.49. The van der Waals surface area contributed by atoms with Gasteiger partial charge in [0.1, 0.15) is 5.75 Å². The Kier molecular flexibility index (Phi) is 6.27. The molecule has 108 valence electrons. The molecule has 1 aromatic rings. The summed E-state index contributed by atoms with van der Waals surface area (Å²) in [5.74, 6) is 0.694. The fraction of sp³-hybridized carbons (Fsp3) is 0.538. The standard InChI is InChI=1S/C13H22N2O3S/c1-4-8-14-10-11-9-12(6-7-13(11)18-3)19(16,17)15-5-2/h6-7,9,14-15H,4-5,8,10H2,1-3H3. The molecule has 2 N–H and O–H groups in total. The zero-order chi connectivity index (χ0) is 14.3. The lowest BCUT2D eigenvalue weighted by atomic mass is 10.2. The van der Waals surface area contributed by atoms with Crippen LogP contribution in [0.15, 0.2) is 23.1 Å². The summed E-state index contributed by atoms with van der Waals surface area (Å²) in [7, 11) is -1.84. The van der Waals surface area contributed by atoms with Gasteiger partial charge in [0.2, 0.25) is 10.0 Å². The fourth-order valence-corrected chi connectivity index (χ4v) is 2.82. The Bertz CT molecular complexity index is 501. The minimum Gasteiger partial charge on any atom is -0.496 e. The van der Waals surface area contributed by atoms with Crippen molar-refractivity contribution in [2.75, 3.05) is 20.2 Å². The first kappa shape index (κ1) is 15.9. The highest BCUT2D eigenvalue weighted by atomic mass is 32.2. The van der Waals surface area contributed by atoms with Gasteiger partial charge >= 0.3 is 0 Å². The molecule has 0 atom stereocenters. The van der Waals surface area contributed by atoms with Crippen LogP contribution in [0.2, 0.25) is 0 Å². The average Bonchev–Trinajstić information content (AvgIpc) is 2.39. The molecule has 5 nitrogen and oxygen atoms in total. The number of nitrogens with one attached hydrogen (secondary N) is 2. The van der Waals surface area contributed by atoms with E-state index in [2.05, 4.69) is 17.0 Å². The van der Waals surface area contributed by atoms with Crippen molar-refractivity contribution in [3.8, 4) is 5.75 Å². The van der Waals surface area contributed by atoms with Crippen LogP contribution in [-0.4, -0.2) is 28.6 Å².